The molecule has 6 rings (SSSR count). The predicted octanol–water partition coefficient (Wildman–Crippen LogP) is 3.97. The van der Waals surface area contributed by atoms with Crippen molar-refractivity contribution >= 4 is 11.6 Å². The third-order valence-electron chi connectivity index (χ3n) is 6.14. The summed E-state index contributed by atoms with van der Waals surface area (Å²) < 4.78 is 11.9. The van der Waals surface area contributed by atoms with Crippen molar-refractivity contribution in [2.45, 2.75) is 30.4 Å². The smallest absolute Gasteiger partial charge is 0.229 e. The van der Waals surface area contributed by atoms with E-state index in [1.54, 1.807) is 7.11 Å². The van der Waals surface area contributed by atoms with E-state index in [1.807, 2.05) is 53.8 Å². The minimum atomic E-state index is -0.659. The second-order valence-electron chi connectivity index (χ2n) is 7.34. The maximum atomic E-state index is 12.7. The molecular weight excluding hydrogens is 397 g/mol. The van der Waals surface area contributed by atoms with Gasteiger partial charge in [0.1, 0.15) is 5.76 Å². The average molecular weight is 419 g/mol. The first-order valence-electron chi connectivity index (χ1n) is 9.44. The third-order valence-corrected chi connectivity index (χ3v) is 6.14. The zero-order chi connectivity index (χ0) is 18.5. The molecule has 146 valence electrons. The zero-order valence-corrected chi connectivity index (χ0v) is 16.7. The van der Waals surface area contributed by atoms with Crippen molar-refractivity contribution in [2.75, 3.05) is 18.6 Å². The SMILES string of the molecule is COC1=C[C@]23CCO[C@]24C(=C1)CCC(=O)N4c1ccccc13.[CH]1C=CC=C1.[Co]. The fraction of sp³-hybridized carbons (Fsp3) is 0.304. The van der Waals surface area contributed by atoms with E-state index in [0.717, 1.165) is 24.3 Å². The van der Waals surface area contributed by atoms with E-state index < -0.39 is 5.72 Å². The number of hydrogen-bond donors (Lipinski definition) is 0. The van der Waals surface area contributed by atoms with E-state index >= 15 is 0 Å². The summed E-state index contributed by atoms with van der Waals surface area (Å²) in [5.74, 6) is 1.03. The number of amides is 1. The van der Waals surface area contributed by atoms with Gasteiger partial charge in [0.15, 0.2) is 5.72 Å². The number of methoxy groups -OCH3 is 1. The van der Waals surface area contributed by atoms with Gasteiger partial charge < -0.3 is 9.47 Å². The van der Waals surface area contributed by atoms with Crippen molar-refractivity contribution in [3.63, 3.8) is 0 Å². The Morgan fingerprint density at radius 1 is 1.11 bits per heavy atom. The molecule has 1 amide bonds. The molecule has 2 fully saturated rings. The maximum Gasteiger partial charge on any atom is 0.229 e. The number of carbonyl (C=O) groups excluding carboxylic acids is 1. The standard InChI is InChI=1S/C18H17NO3.C5H5.Co/c1-21-13-10-12-6-7-16(20)19-15-5-3-2-4-14(15)17(11-13)8-9-22-18(12,17)19;1-2-4-5-3-1;/h2-5,10-11H,6-9H2,1H3;1-5H;/t17-,18+;;/m0../s1. The Balaban J connectivity index is 0.000000282. The summed E-state index contributed by atoms with van der Waals surface area (Å²) >= 11 is 0. The van der Waals surface area contributed by atoms with Crippen LogP contribution in [0.25, 0.3) is 0 Å². The quantitative estimate of drug-likeness (QED) is 0.692. The molecule has 0 aromatic heterocycles. The van der Waals surface area contributed by atoms with Crippen LogP contribution in [0.15, 0.2) is 72.1 Å². The second-order valence-corrected chi connectivity index (χ2v) is 7.34. The maximum absolute atomic E-state index is 12.7. The normalized spacial score (nSPS) is 30.3. The van der Waals surface area contributed by atoms with Gasteiger partial charge in [-0.3, -0.25) is 9.69 Å². The van der Waals surface area contributed by atoms with Crippen LogP contribution < -0.4 is 4.90 Å². The molecule has 4 nitrogen and oxygen atoms in total. The summed E-state index contributed by atoms with van der Waals surface area (Å²) in [5.41, 5.74) is 2.37. The topological polar surface area (TPSA) is 38.8 Å². The molecule has 2 atom stereocenters. The molecule has 2 aliphatic carbocycles. The van der Waals surface area contributed by atoms with Crippen LogP contribution in [0.2, 0.25) is 0 Å². The Morgan fingerprint density at radius 3 is 2.61 bits per heavy atom. The molecule has 1 spiro atoms. The van der Waals surface area contributed by atoms with E-state index in [2.05, 4.69) is 18.2 Å². The van der Waals surface area contributed by atoms with Gasteiger partial charge in [-0.05, 0) is 42.2 Å². The van der Waals surface area contributed by atoms with E-state index in [0.29, 0.717) is 13.0 Å². The fourth-order valence-electron chi connectivity index (χ4n) is 5.12. The number of allylic oxidation sites excluding steroid dienone is 5. The predicted molar refractivity (Wildman–Crippen MR) is 104 cm³/mol. The minimum absolute atomic E-state index is 0. The first-order valence-corrected chi connectivity index (χ1v) is 9.44. The summed E-state index contributed by atoms with van der Waals surface area (Å²) in [5, 5.41) is 0. The molecule has 0 N–H and O–H groups in total. The van der Waals surface area contributed by atoms with Gasteiger partial charge in [0.2, 0.25) is 5.91 Å². The van der Waals surface area contributed by atoms with Crippen LogP contribution in [0, 0.1) is 6.42 Å². The van der Waals surface area contributed by atoms with Crippen molar-refractivity contribution in [3.8, 4) is 0 Å². The van der Waals surface area contributed by atoms with Gasteiger partial charge >= 0.3 is 0 Å². The summed E-state index contributed by atoms with van der Waals surface area (Å²) in [4.78, 5) is 14.6. The monoisotopic (exact) mass is 419 g/mol. The number of anilines is 1. The molecule has 5 heteroatoms. The van der Waals surface area contributed by atoms with E-state index in [-0.39, 0.29) is 28.1 Å². The molecule has 3 heterocycles. The Kier molecular flexibility index (Phi) is 4.85. The third kappa shape index (κ3) is 2.36. The van der Waals surface area contributed by atoms with E-state index in [4.69, 9.17) is 9.47 Å². The van der Waals surface area contributed by atoms with Gasteiger partial charge in [0.25, 0.3) is 0 Å². The fourth-order valence-corrected chi connectivity index (χ4v) is 5.12. The van der Waals surface area contributed by atoms with Gasteiger partial charge in [-0.15, -0.1) is 0 Å². The Hall–Kier alpha value is -2.08. The number of hydrogen-bond acceptors (Lipinski definition) is 3. The zero-order valence-electron chi connectivity index (χ0n) is 15.7. The Morgan fingerprint density at radius 2 is 1.89 bits per heavy atom. The van der Waals surface area contributed by atoms with Crippen molar-refractivity contribution in [1.29, 1.82) is 0 Å². The Labute approximate surface area is 175 Å². The number of para-hydroxylation sites is 1. The van der Waals surface area contributed by atoms with Crippen LogP contribution in [0.3, 0.4) is 0 Å². The van der Waals surface area contributed by atoms with Crippen LogP contribution in [0.5, 0.6) is 0 Å². The van der Waals surface area contributed by atoms with Gasteiger partial charge in [-0.2, -0.15) is 0 Å². The largest absolute Gasteiger partial charge is 0.497 e. The molecule has 1 aromatic carbocycles. The average Bonchev–Trinajstić information content (AvgIpc) is 3.41. The molecule has 5 aliphatic rings. The number of fused-ring (bicyclic) bond motifs is 2. The van der Waals surface area contributed by atoms with Gasteiger partial charge in [0, 0.05) is 29.6 Å². The van der Waals surface area contributed by atoms with Crippen LogP contribution in [0.4, 0.5) is 5.69 Å². The Bertz CT molecular complexity index is 922. The second kappa shape index (κ2) is 7.06. The summed E-state index contributed by atoms with van der Waals surface area (Å²) in [7, 11) is 1.70. The number of ether oxygens (including phenoxy) is 2. The van der Waals surface area contributed by atoms with Crippen molar-refractivity contribution in [3.05, 3.63) is 84.0 Å². The summed E-state index contributed by atoms with van der Waals surface area (Å²) in [6, 6.07) is 8.20. The molecule has 1 aromatic rings. The molecule has 0 saturated carbocycles. The molecule has 2 radical (unpaired) electrons. The van der Waals surface area contributed by atoms with Crippen LogP contribution in [-0.2, 0) is 36.5 Å². The van der Waals surface area contributed by atoms with Crippen LogP contribution in [-0.4, -0.2) is 25.3 Å². The van der Waals surface area contributed by atoms with E-state index in [1.165, 1.54) is 11.1 Å². The molecule has 2 saturated heterocycles. The summed E-state index contributed by atoms with van der Waals surface area (Å²) in [6.07, 6.45) is 16.4. The van der Waals surface area contributed by atoms with Crippen molar-refractivity contribution < 1.29 is 31.0 Å². The minimum Gasteiger partial charge on any atom is -0.497 e. The van der Waals surface area contributed by atoms with Crippen LogP contribution >= 0.6 is 0 Å². The molecule has 0 unspecified atom stereocenters. The molecule has 0 bridgehead atoms. The molecule has 3 aliphatic heterocycles. The van der Waals surface area contributed by atoms with E-state index in [9.17, 15) is 4.79 Å². The number of benzene rings is 1. The molecular formula is C23H22CoNO3. The first kappa shape index (κ1) is 19.2. The number of rotatable bonds is 1. The number of piperidine rings is 1. The number of nitrogens with zero attached hydrogens (tertiary/aromatic N) is 1. The molecule has 28 heavy (non-hydrogen) atoms. The van der Waals surface area contributed by atoms with Crippen LogP contribution in [0.1, 0.15) is 24.8 Å². The first-order chi connectivity index (χ1) is 13.2. The van der Waals surface area contributed by atoms with Gasteiger partial charge in [0.05, 0.1) is 24.8 Å². The number of carbonyl (C=O) groups is 1. The van der Waals surface area contributed by atoms with Crippen molar-refractivity contribution in [2.24, 2.45) is 0 Å². The van der Waals surface area contributed by atoms with Gasteiger partial charge in [-0.25, -0.2) is 0 Å². The summed E-state index contributed by atoms with van der Waals surface area (Å²) in [6.45, 7) is 0.656. The van der Waals surface area contributed by atoms with Crippen molar-refractivity contribution in [1.82, 2.24) is 0 Å². The van der Waals surface area contributed by atoms with Gasteiger partial charge in [-0.1, -0.05) is 42.5 Å².